The normalized spacial score (nSPS) is 10.2. The van der Waals surface area contributed by atoms with E-state index in [1.54, 1.807) is 0 Å². The fourth-order valence-electron chi connectivity index (χ4n) is 1.58. The van der Waals surface area contributed by atoms with Crippen LogP contribution in [-0.4, -0.2) is 10.8 Å². The summed E-state index contributed by atoms with van der Waals surface area (Å²) in [7, 11) is 0. The van der Waals surface area contributed by atoms with E-state index in [1.165, 1.54) is 0 Å². The second-order valence-corrected chi connectivity index (χ2v) is 4.41. The Hall–Kier alpha value is -2.54. The van der Waals surface area contributed by atoms with Gasteiger partial charge in [-0.3, -0.25) is 14.9 Å². The minimum absolute atomic E-state index is 0.0192. The minimum atomic E-state index is -0.808. The van der Waals surface area contributed by atoms with E-state index in [4.69, 9.17) is 11.6 Å². The molecule has 0 saturated carbocycles. The van der Waals surface area contributed by atoms with Gasteiger partial charge in [-0.05, 0) is 24.3 Å². The van der Waals surface area contributed by atoms with Crippen LogP contribution >= 0.6 is 11.6 Å². The predicted molar refractivity (Wildman–Crippen MR) is 72.4 cm³/mol. The summed E-state index contributed by atoms with van der Waals surface area (Å²) in [6.45, 7) is 0. The summed E-state index contributed by atoms with van der Waals surface area (Å²) in [6, 6.07) is 5.89. The molecule has 0 bridgehead atoms. The lowest BCUT2D eigenvalue weighted by Crippen LogP contribution is -2.13. The molecule has 1 amide bonds. The Balaban J connectivity index is 2.26. The Labute approximate surface area is 122 Å². The number of anilines is 1. The Kier molecular flexibility index (Phi) is 4.13. The van der Waals surface area contributed by atoms with Gasteiger partial charge >= 0.3 is 0 Å². The first-order chi connectivity index (χ1) is 9.88. The zero-order valence-corrected chi connectivity index (χ0v) is 11.0. The topological polar surface area (TPSA) is 72.2 Å². The van der Waals surface area contributed by atoms with E-state index in [1.807, 2.05) is 0 Å². The number of hydrogen-bond donors (Lipinski definition) is 1. The van der Waals surface area contributed by atoms with Crippen molar-refractivity contribution in [3.05, 3.63) is 68.7 Å². The van der Waals surface area contributed by atoms with Crippen LogP contribution in [0.2, 0.25) is 5.02 Å². The van der Waals surface area contributed by atoms with E-state index >= 15 is 0 Å². The molecule has 21 heavy (non-hydrogen) atoms. The third-order valence-electron chi connectivity index (χ3n) is 2.58. The number of carbonyl (C=O) groups excluding carboxylic acids is 1. The van der Waals surface area contributed by atoms with Crippen molar-refractivity contribution in [3.8, 4) is 0 Å². The lowest BCUT2D eigenvalue weighted by atomic mass is 10.2. The monoisotopic (exact) mass is 312 g/mol. The number of nitro groups is 1. The number of hydrogen-bond acceptors (Lipinski definition) is 3. The van der Waals surface area contributed by atoms with Crippen molar-refractivity contribution in [1.82, 2.24) is 0 Å². The predicted octanol–water partition coefficient (Wildman–Crippen LogP) is 3.78. The number of nitro benzene ring substituents is 1. The molecule has 5 nitrogen and oxygen atoms in total. The summed E-state index contributed by atoms with van der Waals surface area (Å²) in [5.74, 6) is -2.29. The SMILES string of the molecule is O=C(Nc1cc(F)ccc1F)c1ccc([N+](=O)[O-])c(Cl)c1. The summed E-state index contributed by atoms with van der Waals surface area (Å²) in [5.41, 5.74) is -0.714. The van der Waals surface area contributed by atoms with Gasteiger partial charge < -0.3 is 5.32 Å². The van der Waals surface area contributed by atoms with Crippen molar-refractivity contribution >= 4 is 28.9 Å². The number of carbonyl (C=O) groups is 1. The zero-order chi connectivity index (χ0) is 15.6. The summed E-state index contributed by atoms with van der Waals surface area (Å²) < 4.78 is 26.4. The highest BCUT2D eigenvalue weighted by atomic mass is 35.5. The number of rotatable bonds is 3. The first-order valence-electron chi connectivity index (χ1n) is 5.59. The van der Waals surface area contributed by atoms with Gasteiger partial charge in [-0.15, -0.1) is 0 Å². The molecule has 108 valence electrons. The zero-order valence-electron chi connectivity index (χ0n) is 10.3. The number of benzene rings is 2. The van der Waals surface area contributed by atoms with Gasteiger partial charge in [0.1, 0.15) is 16.7 Å². The van der Waals surface area contributed by atoms with Gasteiger partial charge in [0.15, 0.2) is 0 Å². The Bertz CT molecular complexity index is 737. The highest BCUT2D eigenvalue weighted by Crippen LogP contribution is 2.25. The van der Waals surface area contributed by atoms with E-state index in [0.717, 1.165) is 36.4 Å². The standard InChI is InChI=1S/C13H7ClF2N2O3/c14-9-5-7(1-4-12(9)18(20)21)13(19)17-11-6-8(15)2-3-10(11)16/h1-6H,(H,17,19). The fraction of sp³-hybridized carbons (Fsp3) is 0. The van der Waals surface area contributed by atoms with Gasteiger partial charge in [-0.2, -0.15) is 0 Å². The molecule has 0 aliphatic rings. The van der Waals surface area contributed by atoms with Crippen LogP contribution in [0.15, 0.2) is 36.4 Å². The Morgan fingerprint density at radius 2 is 1.90 bits per heavy atom. The smallest absolute Gasteiger partial charge is 0.287 e. The summed E-state index contributed by atoms with van der Waals surface area (Å²) in [5, 5.41) is 12.5. The Morgan fingerprint density at radius 1 is 1.19 bits per heavy atom. The van der Waals surface area contributed by atoms with E-state index < -0.39 is 22.5 Å². The second kappa shape index (κ2) is 5.84. The summed E-state index contributed by atoms with van der Waals surface area (Å²) in [6.07, 6.45) is 0. The van der Waals surface area contributed by atoms with Crippen LogP contribution in [0.25, 0.3) is 0 Å². The van der Waals surface area contributed by atoms with Crippen molar-refractivity contribution in [2.45, 2.75) is 0 Å². The molecule has 8 heteroatoms. The molecule has 1 N–H and O–H groups in total. The van der Waals surface area contributed by atoms with Crippen molar-refractivity contribution in [3.63, 3.8) is 0 Å². The number of halogens is 3. The number of nitrogens with one attached hydrogen (secondary N) is 1. The maximum Gasteiger partial charge on any atom is 0.287 e. The van der Waals surface area contributed by atoms with E-state index in [9.17, 15) is 23.7 Å². The van der Waals surface area contributed by atoms with Crippen molar-refractivity contribution in [2.24, 2.45) is 0 Å². The van der Waals surface area contributed by atoms with E-state index in [2.05, 4.69) is 5.32 Å². The van der Waals surface area contributed by atoms with Crippen LogP contribution < -0.4 is 5.32 Å². The third-order valence-corrected chi connectivity index (χ3v) is 2.89. The molecular formula is C13H7ClF2N2O3. The van der Waals surface area contributed by atoms with Gasteiger partial charge in [0.25, 0.3) is 11.6 Å². The molecule has 2 aromatic rings. The summed E-state index contributed by atoms with van der Waals surface area (Å²) in [4.78, 5) is 21.8. The molecule has 0 fully saturated rings. The quantitative estimate of drug-likeness (QED) is 0.692. The highest BCUT2D eigenvalue weighted by Gasteiger charge is 2.16. The van der Waals surface area contributed by atoms with Crippen molar-refractivity contribution in [2.75, 3.05) is 5.32 Å². The van der Waals surface area contributed by atoms with Crippen LogP contribution in [0.4, 0.5) is 20.2 Å². The summed E-state index contributed by atoms with van der Waals surface area (Å²) >= 11 is 5.67. The lowest BCUT2D eigenvalue weighted by molar-refractivity contribution is -0.384. The van der Waals surface area contributed by atoms with Crippen LogP contribution in [0.1, 0.15) is 10.4 Å². The van der Waals surface area contributed by atoms with Gasteiger partial charge in [-0.25, -0.2) is 8.78 Å². The molecule has 0 unspecified atom stereocenters. The number of amides is 1. The first-order valence-corrected chi connectivity index (χ1v) is 5.96. The molecule has 0 aliphatic heterocycles. The lowest BCUT2D eigenvalue weighted by Gasteiger charge is -2.07. The number of nitrogens with zero attached hydrogens (tertiary/aromatic N) is 1. The molecule has 2 aromatic carbocycles. The molecule has 0 saturated heterocycles. The minimum Gasteiger partial charge on any atom is -0.319 e. The molecule has 0 radical (unpaired) electrons. The highest BCUT2D eigenvalue weighted by molar-refractivity contribution is 6.33. The largest absolute Gasteiger partial charge is 0.319 e. The second-order valence-electron chi connectivity index (χ2n) is 4.00. The van der Waals surface area contributed by atoms with Crippen molar-refractivity contribution < 1.29 is 18.5 Å². The maximum atomic E-state index is 13.4. The van der Waals surface area contributed by atoms with Gasteiger partial charge in [-0.1, -0.05) is 11.6 Å². The average molecular weight is 313 g/mol. The van der Waals surface area contributed by atoms with Crippen LogP contribution in [0.5, 0.6) is 0 Å². The molecule has 0 spiro atoms. The first kappa shape index (κ1) is 14.9. The van der Waals surface area contributed by atoms with Gasteiger partial charge in [0.05, 0.1) is 10.6 Å². The average Bonchev–Trinajstić information content (AvgIpc) is 2.42. The molecule has 2 rings (SSSR count). The van der Waals surface area contributed by atoms with Crippen LogP contribution in [0, 0.1) is 21.7 Å². The fourth-order valence-corrected chi connectivity index (χ4v) is 1.83. The van der Waals surface area contributed by atoms with Crippen LogP contribution in [-0.2, 0) is 0 Å². The van der Waals surface area contributed by atoms with E-state index in [0.29, 0.717) is 0 Å². The molecule has 0 aliphatic carbocycles. The Morgan fingerprint density at radius 3 is 2.52 bits per heavy atom. The van der Waals surface area contributed by atoms with Gasteiger partial charge in [0, 0.05) is 17.7 Å². The van der Waals surface area contributed by atoms with Crippen molar-refractivity contribution in [1.29, 1.82) is 0 Å². The van der Waals surface area contributed by atoms with E-state index in [-0.39, 0.29) is 22.0 Å². The molecule has 0 atom stereocenters. The maximum absolute atomic E-state index is 13.4. The molecule has 0 heterocycles. The third kappa shape index (κ3) is 3.32. The van der Waals surface area contributed by atoms with Crippen LogP contribution in [0.3, 0.4) is 0 Å². The molecule has 0 aromatic heterocycles. The molecular weight excluding hydrogens is 306 g/mol. The van der Waals surface area contributed by atoms with Gasteiger partial charge in [0.2, 0.25) is 0 Å².